The van der Waals surface area contributed by atoms with Crippen LogP contribution in [0, 0.1) is 0 Å². The highest BCUT2D eigenvalue weighted by molar-refractivity contribution is 6.04. The molecule has 1 aromatic rings. The molecule has 0 N–H and O–H groups in total. The lowest BCUT2D eigenvalue weighted by atomic mass is 10.2. The summed E-state index contributed by atoms with van der Waals surface area (Å²) < 4.78 is 4.88. The van der Waals surface area contributed by atoms with Crippen LogP contribution in [0.25, 0.3) is 0 Å². The predicted molar refractivity (Wildman–Crippen MR) is 49.6 cm³/mol. The lowest BCUT2D eigenvalue weighted by molar-refractivity contribution is 0.115. The molecule has 0 aliphatic heterocycles. The first-order valence-electron chi connectivity index (χ1n) is 3.85. The maximum absolute atomic E-state index is 5.62. The second kappa shape index (κ2) is 4.96. The molecular weight excluding hydrogens is 149 g/mol. The van der Waals surface area contributed by atoms with Crippen molar-refractivity contribution >= 4 is 7.98 Å². The van der Waals surface area contributed by atoms with Crippen LogP contribution in [-0.4, -0.2) is 26.6 Å². The molecule has 0 heterocycles. The third kappa shape index (κ3) is 3.07. The van der Waals surface area contributed by atoms with Gasteiger partial charge in [0.25, 0.3) is 0 Å². The molecule has 1 aromatic carbocycles. The molecule has 3 heteroatoms. The molecule has 2 radical (unpaired) electrons. The van der Waals surface area contributed by atoms with Gasteiger partial charge in [0.05, 0.1) is 6.73 Å². The number of hydrogen-bond acceptors (Lipinski definition) is 2. The summed E-state index contributed by atoms with van der Waals surface area (Å²) in [6, 6.07) is 10.1. The zero-order valence-corrected chi connectivity index (χ0v) is 7.23. The van der Waals surface area contributed by atoms with Crippen molar-refractivity contribution in [3.63, 3.8) is 0 Å². The van der Waals surface area contributed by atoms with Gasteiger partial charge in [0.2, 0.25) is 0 Å². The zero-order chi connectivity index (χ0) is 8.81. The number of benzene rings is 1. The van der Waals surface area contributed by atoms with Crippen LogP contribution in [0.5, 0.6) is 0 Å². The Morgan fingerprint density at radius 1 is 1.33 bits per heavy atom. The summed E-state index contributed by atoms with van der Waals surface area (Å²) in [6.45, 7) is 1.17. The fraction of sp³-hybridized carbons (Fsp3) is 0.333. The van der Waals surface area contributed by atoms with Crippen LogP contribution in [0.4, 0.5) is 0 Å². The van der Waals surface area contributed by atoms with E-state index < -0.39 is 0 Å². The van der Waals surface area contributed by atoms with Crippen molar-refractivity contribution in [3.8, 4) is 0 Å². The van der Waals surface area contributed by atoms with Crippen LogP contribution < -0.4 is 0 Å². The number of methoxy groups -OCH3 is 1. The van der Waals surface area contributed by atoms with Crippen LogP contribution in [0.3, 0.4) is 0 Å². The molecule has 0 spiro atoms. The van der Waals surface area contributed by atoms with E-state index in [1.54, 1.807) is 11.9 Å². The number of hydrogen-bond donors (Lipinski definition) is 0. The van der Waals surface area contributed by atoms with Crippen LogP contribution in [-0.2, 0) is 11.3 Å². The van der Waals surface area contributed by atoms with Crippen molar-refractivity contribution in [2.24, 2.45) is 0 Å². The Labute approximate surface area is 74.6 Å². The van der Waals surface area contributed by atoms with E-state index >= 15 is 0 Å². The highest BCUT2D eigenvalue weighted by Gasteiger charge is 1.96. The average molecular weight is 161 g/mol. The molecule has 0 atom stereocenters. The molecule has 0 fully saturated rings. The molecule has 0 saturated carbocycles. The van der Waals surface area contributed by atoms with E-state index in [2.05, 4.69) is 0 Å². The Bertz CT molecular complexity index is 215. The fourth-order valence-corrected chi connectivity index (χ4v) is 1.03. The largest absolute Gasteiger partial charge is 0.370 e. The van der Waals surface area contributed by atoms with E-state index in [-0.39, 0.29) is 0 Å². The van der Waals surface area contributed by atoms with E-state index in [9.17, 15) is 0 Å². The predicted octanol–water partition coefficient (Wildman–Crippen LogP) is 1.18. The highest BCUT2D eigenvalue weighted by Crippen LogP contribution is 2.01. The van der Waals surface area contributed by atoms with Gasteiger partial charge in [0.15, 0.2) is 7.98 Å². The molecule has 62 valence electrons. The van der Waals surface area contributed by atoms with Crippen molar-refractivity contribution < 1.29 is 4.74 Å². The quantitative estimate of drug-likeness (QED) is 0.485. The van der Waals surface area contributed by atoms with E-state index in [4.69, 9.17) is 12.7 Å². The van der Waals surface area contributed by atoms with Gasteiger partial charge in [0, 0.05) is 13.7 Å². The van der Waals surface area contributed by atoms with Gasteiger partial charge in [-0.3, -0.25) is 0 Å². The van der Waals surface area contributed by atoms with Gasteiger partial charge in [-0.25, -0.2) is 0 Å². The van der Waals surface area contributed by atoms with Gasteiger partial charge in [-0.15, -0.1) is 0 Å². The zero-order valence-electron chi connectivity index (χ0n) is 7.23. The first kappa shape index (κ1) is 9.29. The van der Waals surface area contributed by atoms with Crippen LogP contribution in [0.1, 0.15) is 5.56 Å². The standard InChI is InChI=1S/C9H12BNO/c1-12-8-11(10)7-9-5-3-2-4-6-9/h2-6H,7-8H2,1H3. The van der Waals surface area contributed by atoms with Crippen molar-refractivity contribution in [1.29, 1.82) is 0 Å². The van der Waals surface area contributed by atoms with Crippen LogP contribution in [0.15, 0.2) is 30.3 Å². The lowest BCUT2D eigenvalue weighted by Crippen LogP contribution is -2.21. The molecule has 12 heavy (non-hydrogen) atoms. The average Bonchev–Trinajstić information content (AvgIpc) is 2.06. The minimum absolute atomic E-state index is 0.453. The Morgan fingerprint density at radius 2 is 2.00 bits per heavy atom. The first-order valence-corrected chi connectivity index (χ1v) is 3.85. The van der Waals surface area contributed by atoms with Crippen LogP contribution in [0.2, 0.25) is 0 Å². The minimum Gasteiger partial charge on any atom is -0.370 e. The molecule has 0 aromatic heterocycles. The summed E-state index contributed by atoms with van der Waals surface area (Å²) in [4.78, 5) is 1.62. The second-order valence-corrected chi connectivity index (χ2v) is 2.65. The summed E-state index contributed by atoms with van der Waals surface area (Å²) in [5, 5.41) is 0. The van der Waals surface area contributed by atoms with Crippen molar-refractivity contribution in [3.05, 3.63) is 35.9 Å². The topological polar surface area (TPSA) is 12.5 Å². The van der Waals surface area contributed by atoms with Gasteiger partial charge in [0.1, 0.15) is 0 Å². The molecule has 0 aliphatic rings. The SMILES string of the molecule is [B]N(COC)Cc1ccccc1. The summed E-state index contributed by atoms with van der Waals surface area (Å²) in [5.41, 5.74) is 1.19. The number of ether oxygens (including phenoxy) is 1. The van der Waals surface area contributed by atoms with E-state index in [1.807, 2.05) is 30.3 Å². The van der Waals surface area contributed by atoms with Crippen LogP contribution >= 0.6 is 0 Å². The van der Waals surface area contributed by atoms with Gasteiger partial charge < -0.3 is 9.55 Å². The lowest BCUT2D eigenvalue weighted by Gasteiger charge is -2.15. The minimum atomic E-state index is 0.453. The number of rotatable bonds is 4. The van der Waals surface area contributed by atoms with Gasteiger partial charge in [-0.05, 0) is 5.56 Å². The number of nitrogens with zero attached hydrogens (tertiary/aromatic N) is 1. The summed E-state index contributed by atoms with van der Waals surface area (Å²) in [5.74, 6) is 0. The van der Waals surface area contributed by atoms with Gasteiger partial charge in [-0.1, -0.05) is 30.3 Å². The molecule has 1 rings (SSSR count). The first-order chi connectivity index (χ1) is 5.83. The Balaban J connectivity index is 2.41. The molecule has 0 aliphatic carbocycles. The molecule has 0 bridgehead atoms. The summed E-state index contributed by atoms with van der Waals surface area (Å²) in [6.07, 6.45) is 0. The van der Waals surface area contributed by atoms with E-state index in [0.29, 0.717) is 13.3 Å². The Kier molecular flexibility index (Phi) is 3.84. The van der Waals surface area contributed by atoms with E-state index in [1.165, 1.54) is 5.56 Å². The van der Waals surface area contributed by atoms with Crippen molar-refractivity contribution in [2.45, 2.75) is 6.54 Å². The molecule has 0 unspecified atom stereocenters. The molecular formula is C9H12BNO. The summed E-state index contributed by atoms with van der Waals surface area (Å²) in [7, 11) is 7.25. The maximum Gasteiger partial charge on any atom is 0.185 e. The Hall–Kier alpha value is -0.795. The smallest absolute Gasteiger partial charge is 0.185 e. The second-order valence-electron chi connectivity index (χ2n) is 2.65. The fourth-order valence-electron chi connectivity index (χ4n) is 1.03. The molecule has 0 amide bonds. The molecule has 2 nitrogen and oxygen atoms in total. The Morgan fingerprint density at radius 3 is 2.58 bits per heavy atom. The third-order valence-corrected chi connectivity index (χ3v) is 1.52. The van der Waals surface area contributed by atoms with E-state index in [0.717, 1.165) is 0 Å². The highest BCUT2D eigenvalue weighted by atomic mass is 16.5. The molecule has 0 saturated heterocycles. The normalized spacial score (nSPS) is 10.5. The van der Waals surface area contributed by atoms with Gasteiger partial charge >= 0.3 is 0 Å². The summed E-state index contributed by atoms with van der Waals surface area (Å²) >= 11 is 0. The third-order valence-electron chi connectivity index (χ3n) is 1.52. The van der Waals surface area contributed by atoms with Crippen molar-refractivity contribution in [2.75, 3.05) is 13.8 Å². The monoisotopic (exact) mass is 161 g/mol. The van der Waals surface area contributed by atoms with Crippen molar-refractivity contribution in [1.82, 2.24) is 4.81 Å². The van der Waals surface area contributed by atoms with Gasteiger partial charge in [-0.2, -0.15) is 0 Å². The maximum atomic E-state index is 5.62.